The van der Waals surface area contributed by atoms with Gasteiger partial charge < -0.3 is 4.74 Å². The first-order valence-corrected chi connectivity index (χ1v) is 8.00. The molecular weight excluding hydrogens is 311 g/mol. The number of nitrogens with zero attached hydrogens (tertiary/aromatic N) is 1. The molecule has 8 heteroatoms. The van der Waals surface area contributed by atoms with Crippen LogP contribution >= 0.6 is 0 Å². The number of benzene rings is 1. The predicted octanol–water partition coefficient (Wildman–Crippen LogP) is 1.35. The highest BCUT2D eigenvalue weighted by Gasteiger charge is 2.17. The van der Waals surface area contributed by atoms with E-state index in [1.165, 1.54) is 6.07 Å². The normalized spacial score (nSPS) is 11.8. The zero-order valence-corrected chi connectivity index (χ0v) is 12.7. The molecule has 0 aliphatic rings. The second kappa shape index (κ2) is 8.26. The van der Waals surface area contributed by atoms with E-state index in [4.69, 9.17) is 5.26 Å². The van der Waals surface area contributed by atoms with E-state index < -0.39 is 34.1 Å². The molecule has 0 atom stereocenters. The summed E-state index contributed by atoms with van der Waals surface area (Å²) in [4.78, 5) is 11.1. The fourth-order valence-corrected chi connectivity index (χ4v) is 2.37. The summed E-state index contributed by atoms with van der Waals surface area (Å²) in [6, 6.07) is 8.11. The van der Waals surface area contributed by atoms with Gasteiger partial charge in [-0.3, -0.25) is 4.79 Å². The van der Waals surface area contributed by atoms with Crippen molar-refractivity contribution in [2.24, 2.45) is 0 Å². The van der Waals surface area contributed by atoms with Crippen molar-refractivity contribution in [2.45, 2.75) is 6.92 Å². The highest BCUT2D eigenvalue weighted by molar-refractivity contribution is 7.90. The standard InChI is InChI=1S/C14H15FN2O4S/c1-2-21-14(18)10-22(19,20)17-9-13(15)7-11-4-3-5-12(6-11)8-16/h3-7,17H,2,9-10H2,1H3/b13-7-. The van der Waals surface area contributed by atoms with Gasteiger partial charge in [0.05, 0.1) is 24.8 Å². The molecule has 0 saturated heterocycles. The Morgan fingerprint density at radius 3 is 2.86 bits per heavy atom. The van der Waals surface area contributed by atoms with E-state index >= 15 is 0 Å². The molecule has 6 nitrogen and oxygen atoms in total. The number of carbonyl (C=O) groups excluding carboxylic acids is 1. The van der Waals surface area contributed by atoms with Gasteiger partial charge >= 0.3 is 5.97 Å². The molecular formula is C14H15FN2O4S. The number of hydrogen-bond donors (Lipinski definition) is 1. The Labute approximate surface area is 128 Å². The van der Waals surface area contributed by atoms with Crippen molar-refractivity contribution < 1.29 is 22.3 Å². The topological polar surface area (TPSA) is 96.3 Å². The van der Waals surface area contributed by atoms with Gasteiger partial charge in [-0.15, -0.1) is 0 Å². The van der Waals surface area contributed by atoms with Crippen LogP contribution in [0.2, 0.25) is 0 Å². The Bertz CT molecular complexity index is 708. The summed E-state index contributed by atoms with van der Waals surface area (Å²) in [7, 11) is -3.96. The van der Waals surface area contributed by atoms with Crippen molar-refractivity contribution in [1.82, 2.24) is 4.72 Å². The van der Waals surface area contributed by atoms with Gasteiger partial charge in [0.25, 0.3) is 0 Å². The van der Waals surface area contributed by atoms with Gasteiger partial charge in [-0.05, 0) is 30.7 Å². The minimum Gasteiger partial charge on any atom is -0.465 e. The molecule has 0 aromatic heterocycles. The molecule has 0 bridgehead atoms. The summed E-state index contributed by atoms with van der Waals surface area (Å²) < 4.78 is 43.2. The van der Waals surface area contributed by atoms with Crippen LogP contribution in [0.3, 0.4) is 0 Å². The Balaban J connectivity index is 2.65. The third-order valence-electron chi connectivity index (χ3n) is 2.41. The van der Waals surface area contributed by atoms with E-state index in [9.17, 15) is 17.6 Å². The SMILES string of the molecule is CCOC(=O)CS(=O)(=O)NC/C(F)=C/c1cccc(C#N)c1. The van der Waals surface area contributed by atoms with Crippen molar-refractivity contribution in [3.63, 3.8) is 0 Å². The second-order valence-electron chi connectivity index (χ2n) is 4.21. The van der Waals surface area contributed by atoms with Crippen LogP contribution in [-0.4, -0.2) is 33.3 Å². The van der Waals surface area contributed by atoms with Gasteiger partial charge in [0.2, 0.25) is 10.0 Å². The van der Waals surface area contributed by atoms with Crippen molar-refractivity contribution in [3.05, 3.63) is 41.2 Å². The molecule has 1 N–H and O–H groups in total. The maximum absolute atomic E-state index is 13.7. The molecule has 0 spiro atoms. The third-order valence-corrected chi connectivity index (χ3v) is 3.61. The minimum absolute atomic E-state index is 0.0673. The van der Waals surface area contributed by atoms with Gasteiger partial charge in [0.15, 0.2) is 5.75 Å². The summed E-state index contributed by atoms with van der Waals surface area (Å²) in [6.45, 7) is 1.03. The number of sulfonamides is 1. The first-order chi connectivity index (χ1) is 10.4. The number of esters is 1. The summed E-state index contributed by atoms with van der Waals surface area (Å²) in [5.41, 5.74) is 0.797. The Kier molecular flexibility index (Phi) is 6.69. The van der Waals surface area contributed by atoms with Crippen LogP contribution in [0, 0.1) is 11.3 Å². The van der Waals surface area contributed by atoms with Crippen LogP contribution in [0.15, 0.2) is 30.1 Å². The van der Waals surface area contributed by atoms with Crippen LogP contribution in [-0.2, 0) is 19.6 Å². The van der Waals surface area contributed by atoms with Gasteiger partial charge in [-0.2, -0.15) is 5.26 Å². The molecule has 0 heterocycles. The first-order valence-electron chi connectivity index (χ1n) is 6.35. The van der Waals surface area contributed by atoms with Crippen LogP contribution in [0.1, 0.15) is 18.1 Å². The molecule has 118 valence electrons. The Morgan fingerprint density at radius 1 is 1.50 bits per heavy atom. The van der Waals surface area contributed by atoms with Gasteiger partial charge in [-0.1, -0.05) is 12.1 Å². The molecule has 0 aliphatic carbocycles. The molecule has 0 aliphatic heterocycles. The summed E-state index contributed by atoms with van der Waals surface area (Å²) in [6.07, 6.45) is 1.10. The number of nitrogens with one attached hydrogen (secondary N) is 1. The smallest absolute Gasteiger partial charge is 0.322 e. The Hall–Kier alpha value is -2.24. The highest BCUT2D eigenvalue weighted by atomic mass is 32.2. The van der Waals surface area contributed by atoms with Crippen molar-refractivity contribution in [1.29, 1.82) is 5.26 Å². The lowest BCUT2D eigenvalue weighted by molar-refractivity contribution is -0.139. The Morgan fingerprint density at radius 2 is 2.23 bits per heavy atom. The highest BCUT2D eigenvalue weighted by Crippen LogP contribution is 2.10. The van der Waals surface area contributed by atoms with E-state index in [-0.39, 0.29) is 6.61 Å². The molecule has 1 aromatic carbocycles. The van der Waals surface area contributed by atoms with Crippen molar-refractivity contribution in [2.75, 3.05) is 18.9 Å². The first kappa shape index (κ1) is 17.8. The number of rotatable bonds is 7. The monoisotopic (exact) mass is 326 g/mol. The number of carbonyl (C=O) groups is 1. The van der Waals surface area contributed by atoms with Crippen LogP contribution in [0.25, 0.3) is 6.08 Å². The maximum atomic E-state index is 13.7. The molecule has 0 amide bonds. The molecule has 1 rings (SSSR count). The molecule has 0 radical (unpaired) electrons. The molecule has 22 heavy (non-hydrogen) atoms. The van der Waals surface area contributed by atoms with E-state index in [2.05, 4.69) is 4.74 Å². The van der Waals surface area contributed by atoms with E-state index in [1.54, 1.807) is 25.1 Å². The maximum Gasteiger partial charge on any atom is 0.322 e. The van der Waals surface area contributed by atoms with Gasteiger partial charge in [0, 0.05) is 0 Å². The second-order valence-corrected chi connectivity index (χ2v) is 6.02. The number of hydrogen-bond acceptors (Lipinski definition) is 5. The molecule has 0 fully saturated rings. The van der Waals surface area contributed by atoms with Gasteiger partial charge in [0.1, 0.15) is 5.83 Å². The molecule has 0 saturated carbocycles. The summed E-state index contributed by atoms with van der Waals surface area (Å²) in [5, 5.41) is 8.73. The lowest BCUT2D eigenvalue weighted by atomic mass is 10.1. The molecule has 0 unspecified atom stereocenters. The molecule has 1 aromatic rings. The van der Waals surface area contributed by atoms with Gasteiger partial charge in [-0.25, -0.2) is 17.5 Å². The van der Waals surface area contributed by atoms with Crippen molar-refractivity contribution >= 4 is 22.1 Å². The third kappa shape index (κ3) is 6.47. The summed E-state index contributed by atoms with van der Waals surface area (Å²) >= 11 is 0. The van der Waals surface area contributed by atoms with E-state index in [0.717, 1.165) is 6.08 Å². The largest absolute Gasteiger partial charge is 0.465 e. The zero-order valence-electron chi connectivity index (χ0n) is 11.9. The lowest BCUT2D eigenvalue weighted by Crippen LogP contribution is -2.31. The van der Waals surface area contributed by atoms with E-state index in [0.29, 0.717) is 11.1 Å². The fourth-order valence-electron chi connectivity index (χ4n) is 1.52. The quantitative estimate of drug-likeness (QED) is 0.763. The van der Waals surface area contributed by atoms with Crippen LogP contribution < -0.4 is 4.72 Å². The average molecular weight is 326 g/mol. The predicted molar refractivity (Wildman–Crippen MR) is 78.7 cm³/mol. The minimum atomic E-state index is -3.96. The fraction of sp³-hybridized carbons (Fsp3) is 0.286. The van der Waals surface area contributed by atoms with Crippen molar-refractivity contribution in [3.8, 4) is 6.07 Å². The zero-order chi connectivity index (χ0) is 16.6. The lowest BCUT2D eigenvalue weighted by Gasteiger charge is -2.05. The van der Waals surface area contributed by atoms with Crippen LogP contribution in [0.4, 0.5) is 4.39 Å². The number of halogens is 1. The average Bonchev–Trinajstić information content (AvgIpc) is 2.45. The van der Waals surface area contributed by atoms with E-state index in [1.807, 2.05) is 10.8 Å². The number of ether oxygens (including phenoxy) is 1. The summed E-state index contributed by atoms with van der Waals surface area (Å²) in [5.74, 6) is -2.51. The number of nitriles is 1. The van der Waals surface area contributed by atoms with Crippen LogP contribution in [0.5, 0.6) is 0 Å².